The Balaban J connectivity index is 1.62. The molecule has 1 atom stereocenters. The van der Waals surface area contributed by atoms with Gasteiger partial charge in [0.2, 0.25) is 5.91 Å². The van der Waals surface area contributed by atoms with E-state index in [2.05, 4.69) is 34.9 Å². The largest absolute Gasteiger partial charge is 0.480 e. The molecule has 1 aliphatic carbocycles. The lowest BCUT2D eigenvalue weighted by atomic mass is 9.81. The number of carboxylic acids is 1. The summed E-state index contributed by atoms with van der Waals surface area (Å²) in [5, 5.41) is 14.9. The van der Waals surface area contributed by atoms with Gasteiger partial charge in [-0.3, -0.25) is 4.79 Å². The van der Waals surface area contributed by atoms with Crippen molar-refractivity contribution in [2.24, 2.45) is 5.41 Å². The molecule has 0 radical (unpaired) electrons. The van der Waals surface area contributed by atoms with Crippen molar-refractivity contribution in [1.82, 2.24) is 10.6 Å². The van der Waals surface area contributed by atoms with Crippen LogP contribution in [0, 0.1) is 5.41 Å². The zero-order valence-corrected chi connectivity index (χ0v) is 21.3. The summed E-state index contributed by atoms with van der Waals surface area (Å²) in [7, 11) is 0. The van der Waals surface area contributed by atoms with Gasteiger partial charge in [-0.15, -0.1) is 0 Å². The van der Waals surface area contributed by atoms with Gasteiger partial charge in [-0.2, -0.15) is 11.8 Å². The molecule has 3 N–H and O–H groups in total. The zero-order chi connectivity index (χ0) is 25.4. The summed E-state index contributed by atoms with van der Waals surface area (Å²) in [6.07, 6.45) is 2.54. The number of carboxylic acid groups (broad SMARTS) is 1. The van der Waals surface area contributed by atoms with E-state index in [0.717, 1.165) is 22.3 Å². The first-order chi connectivity index (χ1) is 16.9. The third kappa shape index (κ3) is 5.99. The molecule has 1 unspecified atom stereocenters. The van der Waals surface area contributed by atoms with Crippen molar-refractivity contribution in [3.05, 3.63) is 59.7 Å². The van der Waals surface area contributed by atoms with Crippen molar-refractivity contribution in [3.8, 4) is 11.1 Å². The third-order valence-corrected chi connectivity index (χ3v) is 7.61. The fourth-order valence-electron chi connectivity index (χ4n) is 4.60. The summed E-state index contributed by atoms with van der Waals surface area (Å²) in [6.45, 7) is 3.98. The van der Waals surface area contributed by atoms with E-state index in [1.54, 1.807) is 0 Å². The first-order valence-corrected chi connectivity index (χ1v) is 13.4. The average Bonchev–Trinajstić information content (AvgIpc) is 3.19. The number of ether oxygens (including phenoxy) is 1. The minimum Gasteiger partial charge on any atom is -0.480 e. The Morgan fingerprint density at radius 1 is 1.03 bits per heavy atom. The van der Waals surface area contributed by atoms with Gasteiger partial charge >= 0.3 is 12.1 Å². The Morgan fingerprint density at radius 3 is 2.11 bits per heavy atom. The molecule has 2 aromatic rings. The van der Waals surface area contributed by atoms with E-state index in [0.29, 0.717) is 25.0 Å². The minimum atomic E-state index is -1.06. The Labute approximate surface area is 211 Å². The number of thioether (sulfide) groups is 1. The van der Waals surface area contributed by atoms with Gasteiger partial charge in [-0.25, -0.2) is 9.59 Å². The van der Waals surface area contributed by atoms with Gasteiger partial charge in [-0.1, -0.05) is 62.4 Å². The Kier molecular flexibility index (Phi) is 9.20. The maximum atomic E-state index is 13.1. The lowest BCUT2D eigenvalue weighted by molar-refractivity contribution is -0.144. The minimum absolute atomic E-state index is 0.0497. The van der Waals surface area contributed by atoms with Gasteiger partial charge in [0, 0.05) is 12.5 Å². The van der Waals surface area contributed by atoms with Gasteiger partial charge in [0.1, 0.15) is 12.6 Å². The maximum absolute atomic E-state index is 13.1. The Bertz CT molecular complexity index is 1010. The predicted octanol–water partition coefficient (Wildman–Crippen LogP) is 4.65. The van der Waals surface area contributed by atoms with Crippen LogP contribution in [0.2, 0.25) is 0 Å². The molecule has 3 rings (SSSR count). The molecule has 8 heteroatoms. The highest BCUT2D eigenvalue weighted by Gasteiger charge is 2.38. The molecule has 0 heterocycles. The fourth-order valence-corrected chi connectivity index (χ4v) is 5.07. The zero-order valence-electron chi connectivity index (χ0n) is 20.5. The smallest absolute Gasteiger partial charge is 0.407 e. The van der Waals surface area contributed by atoms with Crippen molar-refractivity contribution in [2.45, 2.75) is 45.1 Å². The van der Waals surface area contributed by atoms with Crippen LogP contribution in [0.15, 0.2) is 48.5 Å². The van der Waals surface area contributed by atoms with Crippen LogP contribution in [-0.2, 0) is 14.3 Å². The summed E-state index contributed by atoms with van der Waals surface area (Å²) in [5.74, 6) is -0.847. The summed E-state index contributed by atoms with van der Waals surface area (Å²) < 4.78 is 5.60. The highest BCUT2D eigenvalue weighted by Crippen LogP contribution is 2.44. The molecule has 0 fully saturated rings. The second-order valence-corrected chi connectivity index (χ2v) is 9.80. The molecule has 7 nitrogen and oxygen atoms in total. The first kappa shape index (κ1) is 26.6. The van der Waals surface area contributed by atoms with Crippen molar-refractivity contribution in [2.75, 3.05) is 25.2 Å². The van der Waals surface area contributed by atoms with Crippen LogP contribution in [-0.4, -0.2) is 54.3 Å². The lowest BCUT2D eigenvalue weighted by Gasteiger charge is -2.31. The number of fused-ring (bicyclic) bond motifs is 3. The molecule has 35 heavy (non-hydrogen) atoms. The second kappa shape index (κ2) is 12.1. The van der Waals surface area contributed by atoms with E-state index in [1.807, 2.05) is 44.4 Å². The average molecular weight is 499 g/mol. The molecule has 0 spiro atoms. The monoisotopic (exact) mass is 498 g/mol. The normalized spacial score (nSPS) is 13.5. The van der Waals surface area contributed by atoms with E-state index in [1.165, 1.54) is 11.8 Å². The summed E-state index contributed by atoms with van der Waals surface area (Å²) in [4.78, 5) is 37.3. The van der Waals surface area contributed by atoms with Gasteiger partial charge in [-0.05, 0) is 53.5 Å². The molecule has 0 aromatic heterocycles. The number of nitrogens with one attached hydrogen (secondary N) is 2. The number of carbonyl (C=O) groups excluding carboxylic acids is 2. The van der Waals surface area contributed by atoms with E-state index >= 15 is 0 Å². The van der Waals surface area contributed by atoms with E-state index in [9.17, 15) is 19.5 Å². The van der Waals surface area contributed by atoms with Gasteiger partial charge in [0.25, 0.3) is 0 Å². The molecule has 0 saturated carbocycles. The summed E-state index contributed by atoms with van der Waals surface area (Å²) in [6, 6.07) is 15.3. The van der Waals surface area contributed by atoms with Gasteiger partial charge < -0.3 is 20.5 Å². The number of carbonyl (C=O) groups is 3. The number of hydrogen-bond acceptors (Lipinski definition) is 5. The third-order valence-electron chi connectivity index (χ3n) is 6.96. The number of rotatable bonds is 12. The molecule has 0 bridgehead atoms. The number of alkyl carbamates (subject to hydrolysis) is 1. The van der Waals surface area contributed by atoms with Crippen LogP contribution < -0.4 is 10.6 Å². The quantitative estimate of drug-likeness (QED) is 0.393. The topological polar surface area (TPSA) is 105 Å². The van der Waals surface area contributed by atoms with Crippen molar-refractivity contribution < 1.29 is 24.2 Å². The fraction of sp³-hybridized carbons (Fsp3) is 0.444. The molecular weight excluding hydrogens is 464 g/mol. The highest BCUT2D eigenvalue weighted by molar-refractivity contribution is 7.98. The van der Waals surface area contributed by atoms with Gasteiger partial charge in [0.15, 0.2) is 0 Å². The molecule has 1 aliphatic rings. The molecule has 2 aromatic carbocycles. The van der Waals surface area contributed by atoms with Crippen molar-refractivity contribution in [1.29, 1.82) is 0 Å². The van der Waals surface area contributed by atoms with E-state index < -0.39 is 23.5 Å². The van der Waals surface area contributed by atoms with Crippen molar-refractivity contribution in [3.63, 3.8) is 0 Å². The summed E-state index contributed by atoms with van der Waals surface area (Å²) in [5.41, 5.74) is 3.64. The number of aliphatic carboxylic acids is 1. The molecule has 2 amide bonds. The van der Waals surface area contributed by atoms with Crippen LogP contribution >= 0.6 is 11.8 Å². The predicted molar refractivity (Wildman–Crippen MR) is 139 cm³/mol. The lowest BCUT2D eigenvalue weighted by Crippen LogP contribution is -2.52. The summed E-state index contributed by atoms with van der Waals surface area (Å²) >= 11 is 1.53. The molecule has 0 aliphatic heterocycles. The van der Waals surface area contributed by atoms with Crippen LogP contribution in [0.1, 0.15) is 50.2 Å². The molecular formula is C27H34N2O5S. The number of benzene rings is 2. The Hall–Kier alpha value is -3.00. The van der Waals surface area contributed by atoms with Crippen LogP contribution in [0.3, 0.4) is 0 Å². The van der Waals surface area contributed by atoms with E-state index in [-0.39, 0.29) is 25.0 Å². The number of hydrogen-bond donors (Lipinski definition) is 3. The molecule has 0 saturated heterocycles. The second-order valence-electron chi connectivity index (χ2n) is 8.81. The highest BCUT2D eigenvalue weighted by atomic mass is 32.2. The Morgan fingerprint density at radius 2 is 1.60 bits per heavy atom. The van der Waals surface area contributed by atoms with E-state index in [4.69, 9.17) is 4.74 Å². The number of amides is 2. The van der Waals surface area contributed by atoms with Crippen LogP contribution in [0.25, 0.3) is 11.1 Å². The maximum Gasteiger partial charge on any atom is 0.407 e. The van der Waals surface area contributed by atoms with Crippen LogP contribution in [0.4, 0.5) is 4.79 Å². The van der Waals surface area contributed by atoms with Crippen LogP contribution in [0.5, 0.6) is 0 Å². The molecule has 188 valence electrons. The standard InChI is InChI=1S/C27H34N2O5S/c1-4-27(5-2,25(32)29-23(24(30)31)14-15-35-3)17-28-26(33)34-16-22-20-12-8-6-10-18(20)19-11-7-9-13-21(19)22/h6-13,22-23H,4-5,14-17H2,1-3H3,(H,28,33)(H,29,32)(H,30,31). The first-order valence-electron chi connectivity index (χ1n) is 12.0. The SMILES string of the molecule is CCC(CC)(CNC(=O)OCC1c2ccccc2-c2ccccc21)C(=O)NC(CCSC)C(=O)O. The van der Waals surface area contributed by atoms with Crippen molar-refractivity contribution >= 4 is 29.7 Å². The van der Waals surface area contributed by atoms with Gasteiger partial charge in [0.05, 0.1) is 5.41 Å².